The Morgan fingerprint density at radius 1 is 1.33 bits per heavy atom. The first-order chi connectivity index (χ1) is 7.36. The van der Waals surface area contributed by atoms with E-state index in [-0.39, 0.29) is 0 Å². The fourth-order valence-electron chi connectivity index (χ4n) is 1.76. The zero-order valence-corrected chi connectivity index (χ0v) is 8.62. The molecule has 1 aromatic carbocycles. The van der Waals surface area contributed by atoms with E-state index in [9.17, 15) is 0 Å². The van der Waals surface area contributed by atoms with E-state index in [1.165, 1.54) is 0 Å². The standard InChI is InChI=1S/C11H14N2O2/c1-14-11-8(5-7-15-12)2-3-10-9(11)4-6-13-10/h2-4,6,13H,5,7,12H2,1H3. The molecule has 0 bridgehead atoms. The number of H-pyrrole nitrogens is 1. The van der Waals surface area contributed by atoms with Crippen molar-refractivity contribution >= 4 is 10.9 Å². The molecule has 0 spiro atoms. The molecular weight excluding hydrogens is 192 g/mol. The van der Waals surface area contributed by atoms with Crippen LogP contribution in [0.3, 0.4) is 0 Å². The lowest BCUT2D eigenvalue weighted by Gasteiger charge is -2.09. The first kappa shape index (κ1) is 10.0. The topological polar surface area (TPSA) is 60.3 Å². The number of rotatable bonds is 4. The van der Waals surface area contributed by atoms with Crippen molar-refractivity contribution in [3.8, 4) is 5.75 Å². The second kappa shape index (κ2) is 4.33. The number of nitrogens with one attached hydrogen (secondary N) is 1. The number of nitrogens with two attached hydrogens (primary N) is 1. The SMILES string of the molecule is COc1c(CCON)ccc2[nH]ccc12. The minimum Gasteiger partial charge on any atom is -0.496 e. The zero-order valence-electron chi connectivity index (χ0n) is 8.62. The maximum absolute atomic E-state index is 5.40. The summed E-state index contributed by atoms with van der Waals surface area (Å²) < 4.78 is 5.40. The Hall–Kier alpha value is -1.52. The second-order valence-corrected chi connectivity index (χ2v) is 3.32. The smallest absolute Gasteiger partial charge is 0.131 e. The van der Waals surface area contributed by atoms with Crippen LogP contribution in [0.1, 0.15) is 5.56 Å². The highest BCUT2D eigenvalue weighted by Crippen LogP contribution is 2.29. The Labute approximate surface area is 87.9 Å². The monoisotopic (exact) mass is 206 g/mol. The minimum atomic E-state index is 0.492. The molecule has 0 atom stereocenters. The fraction of sp³-hybridized carbons (Fsp3) is 0.273. The average Bonchev–Trinajstić information content (AvgIpc) is 2.73. The van der Waals surface area contributed by atoms with E-state index in [0.29, 0.717) is 6.61 Å². The Kier molecular flexibility index (Phi) is 2.89. The summed E-state index contributed by atoms with van der Waals surface area (Å²) in [5.74, 6) is 5.91. The molecule has 0 amide bonds. The quantitative estimate of drug-likeness (QED) is 0.747. The van der Waals surface area contributed by atoms with Crippen molar-refractivity contribution in [3.63, 3.8) is 0 Å². The van der Waals surface area contributed by atoms with Crippen molar-refractivity contribution in [2.75, 3.05) is 13.7 Å². The summed E-state index contributed by atoms with van der Waals surface area (Å²) in [4.78, 5) is 7.72. The van der Waals surface area contributed by atoms with Crippen LogP contribution in [0, 0.1) is 0 Å². The van der Waals surface area contributed by atoms with Crippen LogP contribution in [0.2, 0.25) is 0 Å². The van der Waals surface area contributed by atoms with E-state index < -0.39 is 0 Å². The van der Waals surface area contributed by atoms with Gasteiger partial charge in [-0.1, -0.05) is 6.07 Å². The molecule has 0 aliphatic carbocycles. The van der Waals surface area contributed by atoms with Crippen LogP contribution in [0.15, 0.2) is 24.4 Å². The molecule has 4 nitrogen and oxygen atoms in total. The zero-order chi connectivity index (χ0) is 10.7. The molecule has 1 aromatic heterocycles. The van der Waals surface area contributed by atoms with Crippen LogP contribution >= 0.6 is 0 Å². The van der Waals surface area contributed by atoms with Crippen molar-refractivity contribution in [3.05, 3.63) is 30.0 Å². The third kappa shape index (κ3) is 1.82. The molecule has 0 aliphatic heterocycles. The summed E-state index contributed by atoms with van der Waals surface area (Å²) in [6, 6.07) is 6.06. The van der Waals surface area contributed by atoms with E-state index in [2.05, 4.69) is 9.82 Å². The first-order valence-corrected chi connectivity index (χ1v) is 4.81. The second-order valence-electron chi connectivity index (χ2n) is 3.32. The lowest BCUT2D eigenvalue weighted by molar-refractivity contribution is 0.141. The molecular formula is C11H14N2O2. The van der Waals surface area contributed by atoms with Gasteiger partial charge in [0.05, 0.1) is 13.7 Å². The molecule has 1 heterocycles. The van der Waals surface area contributed by atoms with E-state index in [4.69, 9.17) is 10.6 Å². The molecule has 4 heteroatoms. The van der Waals surface area contributed by atoms with Gasteiger partial charge in [0, 0.05) is 23.5 Å². The normalized spacial score (nSPS) is 10.8. The van der Waals surface area contributed by atoms with Crippen LogP contribution in [-0.4, -0.2) is 18.7 Å². The maximum atomic E-state index is 5.40. The number of hydrogen-bond acceptors (Lipinski definition) is 3. The molecule has 2 aromatic rings. The summed E-state index contributed by atoms with van der Waals surface area (Å²) in [7, 11) is 1.68. The Balaban J connectivity index is 2.44. The molecule has 2 rings (SSSR count). The molecule has 0 radical (unpaired) electrons. The summed E-state index contributed by atoms with van der Waals surface area (Å²) in [6.07, 6.45) is 2.65. The van der Waals surface area contributed by atoms with Crippen molar-refractivity contribution in [1.29, 1.82) is 0 Å². The number of benzene rings is 1. The number of aromatic nitrogens is 1. The van der Waals surface area contributed by atoms with Crippen LogP contribution in [0.25, 0.3) is 10.9 Å². The van der Waals surface area contributed by atoms with Crippen LogP contribution in [0.5, 0.6) is 5.75 Å². The lowest BCUT2D eigenvalue weighted by Crippen LogP contribution is -2.04. The van der Waals surface area contributed by atoms with Crippen LogP contribution < -0.4 is 10.6 Å². The number of fused-ring (bicyclic) bond motifs is 1. The third-order valence-corrected chi connectivity index (χ3v) is 2.46. The fourth-order valence-corrected chi connectivity index (χ4v) is 1.76. The molecule has 0 saturated carbocycles. The van der Waals surface area contributed by atoms with Gasteiger partial charge in [0.1, 0.15) is 5.75 Å². The number of methoxy groups -OCH3 is 1. The van der Waals surface area contributed by atoms with E-state index in [1.807, 2.05) is 24.4 Å². The van der Waals surface area contributed by atoms with Crippen molar-refractivity contribution < 1.29 is 9.57 Å². The Morgan fingerprint density at radius 2 is 2.20 bits per heavy atom. The van der Waals surface area contributed by atoms with Gasteiger partial charge in [0.2, 0.25) is 0 Å². The van der Waals surface area contributed by atoms with Gasteiger partial charge in [-0.25, -0.2) is 5.90 Å². The highest BCUT2D eigenvalue weighted by Gasteiger charge is 2.08. The predicted molar refractivity (Wildman–Crippen MR) is 58.7 cm³/mol. The number of hydrogen-bond donors (Lipinski definition) is 2. The third-order valence-electron chi connectivity index (χ3n) is 2.46. The molecule has 0 aliphatic rings. The molecule has 0 unspecified atom stereocenters. The van der Waals surface area contributed by atoms with Crippen molar-refractivity contribution in [1.82, 2.24) is 4.98 Å². The Morgan fingerprint density at radius 3 is 2.93 bits per heavy atom. The van der Waals surface area contributed by atoms with E-state index in [0.717, 1.165) is 28.6 Å². The average molecular weight is 206 g/mol. The largest absolute Gasteiger partial charge is 0.496 e. The summed E-state index contributed by atoms with van der Waals surface area (Å²) in [6.45, 7) is 0.492. The van der Waals surface area contributed by atoms with Gasteiger partial charge in [-0.3, -0.25) is 0 Å². The number of aromatic amines is 1. The van der Waals surface area contributed by atoms with E-state index >= 15 is 0 Å². The van der Waals surface area contributed by atoms with Crippen molar-refractivity contribution in [2.24, 2.45) is 5.90 Å². The summed E-state index contributed by atoms with van der Waals surface area (Å²) >= 11 is 0. The van der Waals surface area contributed by atoms with Gasteiger partial charge in [0.15, 0.2) is 0 Å². The van der Waals surface area contributed by atoms with E-state index in [1.54, 1.807) is 7.11 Å². The molecule has 0 saturated heterocycles. The molecule has 3 N–H and O–H groups in total. The molecule has 0 fully saturated rings. The van der Waals surface area contributed by atoms with Gasteiger partial charge in [-0.15, -0.1) is 0 Å². The van der Waals surface area contributed by atoms with Crippen molar-refractivity contribution in [2.45, 2.75) is 6.42 Å². The van der Waals surface area contributed by atoms with Crippen LogP contribution in [0.4, 0.5) is 0 Å². The predicted octanol–water partition coefficient (Wildman–Crippen LogP) is 1.61. The number of ether oxygens (including phenoxy) is 1. The van der Waals surface area contributed by atoms with Crippen LogP contribution in [-0.2, 0) is 11.3 Å². The van der Waals surface area contributed by atoms with Gasteiger partial charge in [0.25, 0.3) is 0 Å². The molecule has 80 valence electrons. The minimum absolute atomic E-state index is 0.492. The summed E-state index contributed by atoms with van der Waals surface area (Å²) in [5, 5.41) is 1.09. The molecule has 15 heavy (non-hydrogen) atoms. The summed E-state index contributed by atoms with van der Waals surface area (Å²) in [5.41, 5.74) is 2.18. The Bertz CT molecular complexity index is 451. The highest BCUT2D eigenvalue weighted by atomic mass is 16.6. The van der Waals surface area contributed by atoms with Gasteiger partial charge >= 0.3 is 0 Å². The van der Waals surface area contributed by atoms with Gasteiger partial charge < -0.3 is 14.6 Å². The van der Waals surface area contributed by atoms with Gasteiger partial charge in [-0.05, 0) is 17.7 Å². The first-order valence-electron chi connectivity index (χ1n) is 4.81. The maximum Gasteiger partial charge on any atom is 0.131 e. The van der Waals surface area contributed by atoms with Gasteiger partial charge in [-0.2, -0.15) is 0 Å². The lowest BCUT2D eigenvalue weighted by atomic mass is 10.1. The highest BCUT2D eigenvalue weighted by molar-refractivity contribution is 5.87.